The molecule has 0 aromatic carbocycles. The fraction of sp³-hybridized carbons (Fsp3) is 0.700. The highest BCUT2D eigenvalue weighted by atomic mass is 16.6. The first-order valence-corrected chi connectivity index (χ1v) is 9.78. The molecule has 7 nitrogen and oxygen atoms in total. The summed E-state index contributed by atoms with van der Waals surface area (Å²) < 4.78 is 13.4. The summed E-state index contributed by atoms with van der Waals surface area (Å²) in [5.41, 5.74) is 0.520. The Kier molecular flexibility index (Phi) is 5.79. The molecule has 2 atom stereocenters. The maximum atomic E-state index is 13.0. The predicted octanol–water partition coefficient (Wildman–Crippen LogP) is 2.81. The van der Waals surface area contributed by atoms with E-state index in [1.807, 2.05) is 50.9 Å². The Morgan fingerprint density at radius 2 is 2.11 bits per heavy atom. The second kappa shape index (κ2) is 7.92. The summed E-state index contributed by atoms with van der Waals surface area (Å²) in [6.45, 7) is 10.1. The Hall–Kier alpha value is -2.02. The number of nitrogens with zero attached hydrogens (tertiary/aromatic N) is 3. The summed E-state index contributed by atoms with van der Waals surface area (Å²) >= 11 is 0. The summed E-state index contributed by atoms with van der Waals surface area (Å²) in [4.78, 5) is 29.1. The van der Waals surface area contributed by atoms with Gasteiger partial charge in [-0.3, -0.25) is 9.69 Å². The summed E-state index contributed by atoms with van der Waals surface area (Å²) in [6, 6.07) is 4.04. The maximum absolute atomic E-state index is 13.0. The Bertz CT molecular complexity index is 673. The first-order chi connectivity index (χ1) is 12.7. The van der Waals surface area contributed by atoms with Gasteiger partial charge in [-0.05, 0) is 52.7 Å². The number of carbonyl (C=O) groups excluding carboxylic acids is 2. The van der Waals surface area contributed by atoms with E-state index in [9.17, 15) is 9.59 Å². The van der Waals surface area contributed by atoms with Gasteiger partial charge in [0.1, 0.15) is 12.1 Å². The average molecular weight is 377 g/mol. The number of aromatic nitrogens is 1. The topological polar surface area (TPSA) is 64.0 Å². The predicted molar refractivity (Wildman–Crippen MR) is 101 cm³/mol. The molecule has 150 valence electrons. The zero-order valence-corrected chi connectivity index (χ0v) is 16.8. The molecular formula is C20H31N3O4. The van der Waals surface area contributed by atoms with Crippen LogP contribution in [-0.2, 0) is 20.8 Å². The SMILES string of the molecule is C[C@H]1c2cccn2CCN1C(=O)CN(C[C@H]1CCCO1)C(=O)OC(C)(C)C. The van der Waals surface area contributed by atoms with Crippen molar-refractivity contribution in [1.82, 2.24) is 14.4 Å². The Labute approximate surface area is 161 Å². The third-order valence-corrected chi connectivity index (χ3v) is 5.09. The molecule has 1 aromatic heterocycles. The lowest BCUT2D eigenvalue weighted by Gasteiger charge is -2.36. The first-order valence-electron chi connectivity index (χ1n) is 9.78. The van der Waals surface area contributed by atoms with Gasteiger partial charge in [0.15, 0.2) is 0 Å². The number of amides is 2. The van der Waals surface area contributed by atoms with Crippen LogP contribution in [0.3, 0.4) is 0 Å². The molecule has 0 spiro atoms. The number of hydrogen-bond acceptors (Lipinski definition) is 4. The largest absolute Gasteiger partial charge is 0.444 e. The fourth-order valence-corrected chi connectivity index (χ4v) is 3.74. The van der Waals surface area contributed by atoms with Gasteiger partial charge >= 0.3 is 6.09 Å². The van der Waals surface area contributed by atoms with Crippen LogP contribution < -0.4 is 0 Å². The summed E-state index contributed by atoms with van der Waals surface area (Å²) in [7, 11) is 0. The summed E-state index contributed by atoms with van der Waals surface area (Å²) in [5, 5.41) is 0. The third-order valence-electron chi connectivity index (χ3n) is 5.09. The number of carbonyl (C=O) groups is 2. The molecule has 2 amide bonds. The molecule has 0 radical (unpaired) electrons. The Balaban J connectivity index is 1.68. The summed E-state index contributed by atoms with van der Waals surface area (Å²) in [6.07, 6.45) is 3.45. The molecule has 1 aromatic rings. The number of ether oxygens (including phenoxy) is 2. The molecule has 2 aliphatic rings. The monoisotopic (exact) mass is 377 g/mol. The molecule has 3 heterocycles. The molecule has 3 rings (SSSR count). The van der Waals surface area contributed by atoms with Gasteiger partial charge in [-0.25, -0.2) is 4.79 Å². The van der Waals surface area contributed by atoms with Gasteiger partial charge in [-0.2, -0.15) is 0 Å². The minimum absolute atomic E-state index is 0.00975. The lowest BCUT2D eigenvalue weighted by atomic mass is 10.1. The highest BCUT2D eigenvalue weighted by Crippen LogP contribution is 2.26. The van der Waals surface area contributed by atoms with E-state index in [0.29, 0.717) is 19.7 Å². The van der Waals surface area contributed by atoms with Gasteiger partial charge in [-0.1, -0.05) is 0 Å². The molecule has 1 fully saturated rings. The van der Waals surface area contributed by atoms with E-state index in [0.717, 1.165) is 25.1 Å². The van der Waals surface area contributed by atoms with E-state index in [4.69, 9.17) is 9.47 Å². The molecule has 27 heavy (non-hydrogen) atoms. The van der Waals surface area contributed by atoms with E-state index < -0.39 is 11.7 Å². The van der Waals surface area contributed by atoms with Gasteiger partial charge < -0.3 is 18.9 Å². The highest BCUT2D eigenvalue weighted by Gasteiger charge is 2.32. The molecule has 0 aliphatic carbocycles. The standard InChI is InChI=1S/C20H31N3O4/c1-15-17-8-5-9-21(17)10-11-23(15)18(24)14-22(13-16-7-6-12-26-16)19(25)27-20(2,3)4/h5,8-9,15-16H,6-7,10-14H2,1-4H3/t15-,16+/m0/s1. The molecule has 0 unspecified atom stereocenters. The van der Waals surface area contributed by atoms with E-state index in [2.05, 4.69) is 4.57 Å². The molecule has 2 aliphatic heterocycles. The van der Waals surface area contributed by atoms with Gasteiger partial charge in [0.2, 0.25) is 5.91 Å². The molecule has 1 saturated heterocycles. The van der Waals surface area contributed by atoms with Gasteiger partial charge in [-0.15, -0.1) is 0 Å². The zero-order chi connectivity index (χ0) is 19.6. The van der Waals surface area contributed by atoms with E-state index in [1.54, 1.807) is 0 Å². The van der Waals surface area contributed by atoms with Crippen LogP contribution in [0.1, 0.15) is 52.3 Å². The van der Waals surface area contributed by atoms with Gasteiger partial charge in [0.25, 0.3) is 0 Å². The van der Waals surface area contributed by atoms with Crippen molar-refractivity contribution in [3.8, 4) is 0 Å². The van der Waals surface area contributed by atoms with E-state index >= 15 is 0 Å². The van der Waals surface area contributed by atoms with Crippen molar-refractivity contribution >= 4 is 12.0 Å². The Morgan fingerprint density at radius 1 is 1.33 bits per heavy atom. The van der Waals surface area contributed by atoms with Crippen LogP contribution in [0, 0.1) is 0 Å². The Morgan fingerprint density at radius 3 is 2.78 bits per heavy atom. The van der Waals surface area contributed by atoms with Crippen LogP contribution in [0.2, 0.25) is 0 Å². The fourth-order valence-electron chi connectivity index (χ4n) is 3.74. The van der Waals surface area contributed by atoms with E-state index in [1.165, 1.54) is 4.90 Å². The van der Waals surface area contributed by atoms with Gasteiger partial charge in [0, 0.05) is 31.6 Å². The van der Waals surface area contributed by atoms with Crippen molar-refractivity contribution in [2.24, 2.45) is 0 Å². The quantitative estimate of drug-likeness (QED) is 0.809. The van der Waals surface area contributed by atoms with Crippen LogP contribution in [-0.4, -0.2) is 64.3 Å². The van der Waals surface area contributed by atoms with Crippen LogP contribution in [0.15, 0.2) is 18.3 Å². The molecule has 0 bridgehead atoms. The van der Waals surface area contributed by atoms with Crippen molar-refractivity contribution in [2.45, 2.75) is 64.8 Å². The number of hydrogen-bond donors (Lipinski definition) is 0. The van der Waals surface area contributed by atoms with Crippen molar-refractivity contribution in [2.75, 3.05) is 26.2 Å². The second-order valence-corrected chi connectivity index (χ2v) is 8.39. The minimum Gasteiger partial charge on any atom is -0.444 e. The van der Waals surface area contributed by atoms with Crippen LogP contribution in [0.4, 0.5) is 4.79 Å². The zero-order valence-electron chi connectivity index (χ0n) is 16.8. The molecule has 0 saturated carbocycles. The minimum atomic E-state index is -0.603. The van der Waals surface area contributed by atoms with Crippen LogP contribution in [0.5, 0.6) is 0 Å². The van der Waals surface area contributed by atoms with Crippen LogP contribution in [0.25, 0.3) is 0 Å². The van der Waals surface area contributed by atoms with Crippen molar-refractivity contribution in [3.05, 3.63) is 24.0 Å². The lowest BCUT2D eigenvalue weighted by Crippen LogP contribution is -2.49. The van der Waals surface area contributed by atoms with Crippen molar-refractivity contribution < 1.29 is 19.1 Å². The van der Waals surface area contributed by atoms with Crippen LogP contribution >= 0.6 is 0 Å². The highest BCUT2D eigenvalue weighted by molar-refractivity contribution is 5.83. The second-order valence-electron chi connectivity index (χ2n) is 8.39. The van der Waals surface area contributed by atoms with Crippen molar-refractivity contribution in [3.63, 3.8) is 0 Å². The van der Waals surface area contributed by atoms with Crippen molar-refractivity contribution in [1.29, 1.82) is 0 Å². The van der Waals surface area contributed by atoms with E-state index in [-0.39, 0.29) is 24.6 Å². The normalized spacial score (nSPS) is 22.4. The molecule has 0 N–H and O–H groups in total. The smallest absolute Gasteiger partial charge is 0.410 e. The maximum Gasteiger partial charge on any atom is 0.410 e. The average Bonchev–Trinajstić information content (AvgIpc) is 3.24. The number of fused-ring (bicyclic) bond motifs is 1. The molecular weight excluding hydrogens is 346 g/mol. The third kappa shape index (κ3) is 4.83. The van der Waals surface area contributed by atoms with Gasteiger partial charge in [0.05, 0.1) is 18.7 Å². The molecule has 7 heteroatoms. The first kappa shape index (κ1) is 19.7. The lowest BCUT2D eigenvalue weighted by molar-refractivity contribution is -0.136. The number of rotatable bonds is 4. The summed E-state index contributed by atoms with van der Waals surface area (Å²) in [5.74, 6) is -0.0567.